The molecule has 0 bridgehead atoms. The fourth-order valence-electron chi connectivity index (χ4n) is 3.53. The molecule has 2 amide bonds. The van der Waals surface area contributed by atoms with Crippen LogP contribution >= 0.6 is 0 Å². The number of hydrogen-bond donors (Lipinski definition) is 3. The molecule has 1 aliphatic rings. The first-order valence-electron chi connectivity index (χ1n) is 9.60. The number of benzene rings is 2. The SMILES string of the molecule is COc1cc(F)cc(C(CN(C)C)NC(=O)N2CCc3cc(OB(O)O)c(F)cc32)c1. The third-order valence-electron chi connectivity index (χ3n) is 4.88. The van der Waals surface area contributed by atoms with Gasteiger partial charge in [0.2, 0.25) is 0 Å². The Hall–Kier alpha value is -2.89. The van der Waals surface area contributed by atoms with E-state index in [1.165, 1.54) is 30.2 Å². The van der Waals surface area contributed by atoms with Gasteiger partial charge in [-0.1, -0.05) is 0 Å². The lowest BCUT2D eigenvalue weighted by atomic mass is 10.1. The van der Waals surface area contributed by atoms with E-state index in [1.54, 1.807) is 6.07 Å². The van der Waals surface area contributed by atoms with Crippen LogP contribution in [0.1, 0.15) is 17.2 Å². The first kappa shape index (κ1) is 22.8. The zero-order valence-corrected chi connectivity index (χ0v) is 17.4. The van der Waals surface area contributed by atoms with Gasteiger partial charge in [0, 0.05) is 25.2 Å². The van der Waals surface area contributed by atoms with Gasteiger partial charge in [-0.3, -0.25) is 4.90 Å². The second-order valence-corrected chi connectivity index (χ2v) is 7.45. The van der Waals surface area contributed by atoms with Crippen LogP contribution in [-0.2, 0) is 6.42 Å². The zero-order valence-electron chi connectivity index (χ0n) is 17.4. The van der Waals surface area contributed by atoms with E-state index >= 15 is 0 Å². The monoisotopic (exact) mass is 435 g/mol. The van der Waals surface area contributed by atoms with Gasteiger partial charge in [0.1, 0.15) is 17.3 Å². The van der Waals surface area contributed by atoms with Gasteiger partial charge in [0.05, 0.1) is 18.8 Å². The van der Waals surface area contributed by atoms with E-state index in [1.807, 2.05) is 19.0 Å². The largest absolute Gasteiger partial charge is 0.707 e. The first-order valence-corrected chi connectivity index (χ1v) is 9.60. The topological polar surface area (TPSA) is 94.5 Å². The van der Waals surface area contributed by atoms with Crippen LogP contribution in [0, 0.1) is 11.6 Å². The third-order valence-corrected chi connectivity index (χ3v) is 4.88. The summed E-state index contributed by atoms with van der Waals surface area (Å²) in [5.41, 5.74) is 1.52. The van der Waals surface area contributed by atoms with Crippen molar-refractivity contribution in [2.75, 3.05) is 39.2 Å². The number of fused-ring (bicyclic) bond motifs is 1. The summed E-state index contributed by atoms with van der Waals surface area (Å²) in [6.07, 6.45) is 0.438. The summed E-state index contributed by atoms with van der Waals surface area (Å²) in [4.78, 5) is 16.3. The highest BCUT2D eigenvalue weighted by Gasteiger charge is 2.29. The van der Waals surface area contributed by atoms with E-state index in [0.717, 1.165) is 6.07 Å². The molecular weight excluding hydrogens is 411 g/mol. The Morgan fingerprint density at radius 2 is 2.00 bits per heavy atom. The fraction of sp³-hybridized carbons (Fsp3) is 0.350. The number of anilines is 1. The predicted molar refractivity (Wildman–Crippen MR) is 111 cm³/mol. The standard InChI is InChI=1S/C20H24BF2N3O5/c1-25(2)11-17(13-6-14(22)9-15(7-13)30-3)24-20(27)26-5-4-12-8-19(31-21(28)29)16(23)10-18(12)26/h6-10,17,28-29H,4-5,11H2,1-3H3,(H,24,27). The smallest absolute Gasteiger partial charge is 0.510 e. The quantitative estimate of drug-likeness (QED) is 0.574. The number of rotatable bonds is 7. The molecule has 8 nitrogen and oxygen atoms in total. The van der Waals surface area contributed by atoms with Crippen molar-refractivity contribution in [3.8, 4) is 11.5 Å². The number of carbonyl (C=O) groups excluding carboxylic acids is 1. The lowest BCUT2D eigenvalue weighted by Crippen LogP contribution is -2.43. The Morgan fingerprint density at radius 1 is 1.26 bits per heavy atom. The number of methoxy groups -OCH3 is 1. The van der Waals surface area contributed by atoms with Crippen molar-refractivity contribution in [1.82, 2.24) is 10.2 Å². The molecule has 0 radical (unpaired) electrons. The number of urea groups is 1. The Morgan fingerprint density at radius 3 is 2.65 bits per heavy atom. The van der Waals surface area contributed by atoms with Crippen molar-refractivity contribution < 1.29 is 33.0 Å². The highest BCUT2D eigenvalue weighted by atomic mass is 19.1. The number of amides is 2. The number of nitrogens with one attached hydrogen (secondary N) is 1. The lowest BCUT2D eigenvalue weighted by Gasteiger charge is -2.26. The predicted octanol–water partition coefficient (Wildman–Crippen LogP) is 1.70. The van der Waals surface area contributed by atoms with Gasteiger partial charge in [-0.25, -0.2) is 13.6 Å². The van der Waals surface area contributed by atoms with Crippen LogP contribution < -0.4 is 19.6 Å². The normalized spacial score (nSPS) is 13.7. The van der Waals surface area contributed by atoms with Crippen molar-refractivity contribution in [3.63, 3.8) is 0 Å². The molecule has 1 atom stereocenters. The van der Waals surface area contributed by atoms with Crippen LogP contribution in [0.5, 0.6) is 11.5 Å². The highest BCUT2D eigenvalue weighted by molar-refractivity contribution is 6.33. The molecule has 2 aromatic rings. The lowest BCUT2D eigenvalue weighted by molar-refractivity contribution is 0.238. The molecule has 0 spiro atoms. The average molecular weight is 435 g/mol. The first-order chi connectivity index (χ1) is 14.7. The molecule has 1 unspecified atom stereocenters. The number of hydrogen-bond acceptors (Lipinski definition) is 6. The maximum absolute atomic E-state index is 14.3. The van der Waals surface area contributed by atoms with Crippen LogP contribution in [0.3, 0.4) is 0 Å². The van der Waals surface area contributed by atoms with Crippen LogP contribution in [0.25, 0.3) is 0 Å². The molecule has 1 aliphatic heterocycles. The molecule has 166 valence electrons. The van der Waals surface area contributed by atoms with Crippen LogP contribution in [-0.4, -0.2) is 62.6 Å². The van der Waals surface area contributed by atoms with E-state index in [4.69, 9.17) is 14.8 Å². The fourth-order valence-corrected chi connectivity index (χ4v) is 3.53. The Bertz CT molecular complexity index is 961. The van der Waals surface area contributed by atoms with Crippen LogP contribution in [0.15, 0.2) is 30.3 Å². The summed E-state index contributed by atoms with van der Waals surface area (Å²) >= 11 is 0. The second kappa shape index (κ2) is 9.50. The number of halogens is 2. The maximum Gasteiger partial charge on any atom is 0.707 e. The second-order valence-electron chi connectivity index (χ2n) is 7.45. The van der Waals surface area contributed by atoms with Gasteiger partial charge in [0.15, 0.2) is 5.82 Å². The van der Waals surface area contributed by atoms with Gasteiger partial charge in [-0.15, -0.1) is 0 Å². The minimum Gasteiger partial charge on any atom is -0.510 e. The Balaban J connectivity index is 1.84. The summed E-state index contributed by atoms with van der Waals surface area (Å²) < 4.78 is 38.1. The molecule has 11 heteroatoms. The van der Waals surface area contributed by atoms with E-state index in [-0.39, 0.29) is 5.75 Å². The maximum atomic E-state index is 14.3. The van der Waals surface area contributed by atoms with E-state index < -0.39 is 31.0 Å². The molecule has 0 saturated heterocycles. The molecule has 0 fully saturated rings. The molecular formula is C20H24BF2N3O5. The number of likely N-dealkylation sites (N-methyl/N-ethyl adjacent to an activating group) is 1. The zero-order chi connectivity index (χ0) is 22.7. The van der Waals surface area contributed by atoms with Crippen molar-refractivity contribution >= 4 is 19.0 Å². The van der Waals surface area contributed by atoms with E-state index in [2.05, 4.69) is 9.97 Å². The van der Waals surface area contributed by atoms with Crippen molar-refractivity contribution in [2.24, 2.45) is 0 Å². The van der Waals surface area contributed by atoms with Gasteiger partial charge in [-0.2, -0.15) is 0 Å². The summed E-state index contributed by atoms with van der Waals surface area (Å²) in [7, 11) is 2.94. The van der Waals surface area contributed by atoms with Gasteiger partial charge < -0.3 is 29.7 Å². The molecule has 3 rings (SSSR count). The summed E-state index contributed by atoms with van der Waals surface area (Å²) in [6, 6.07) is 5.67. The van der Waals surface area contributed by atoms with Crippen molar-refractivity contribution in [3.05, 3.63) is 53.1 Å². The number of carbonyl (C=O) groups is 1. The van der Waals surface area contributed by atoms with Crippen LogP contribution in [0.2, 0.25) is 0 Å². The average Bonchev–Trinajstić information content (AvgIpc) is 3.09. The molecule has 1 heterocycles. The molecule has 0 saturated carbocycles. The van der Waals surface area contributed by atoms with Gasteiger partial charge in [-0.05, 0) is 49.8 Å². The van der Waals surface area contributed by atoms with E-state index in [0.29, 0.717) is 42.1 Å². The van der Waals surface area contributed by atoms with Crippen molar-refractivity contribution in [2.45, 2.75) is 12.5 Å². The third kappa shape index (κ3) is 5.43. The van der Waals surface area contributed by atoms with E-state index in [9.17, 15) is 13.6 Å². The summed E-state index contributed by atoms with van der Waals surface area (Å²) in [5, 5.41) is 20.7. The molecule has 31 heavy (non-hydrogen) atoms. The number of nitrogens with zero attached hydrogens (tertiary/aromatic N) is 2. The minimum atomic E-state index is -2.15. The molecule has 0 aromatic heterocycles. The van der Waals surface area contributed by atoms with Gasteiger partial charge >= 0.3 is 13.4 Å². The molecule has 0 aliphatic carbocycles. The Labute approximate surface area is 179 Å². The number of ether oxygens (including phenoxy) is 1. The Kier molecular flexibility index (Phi) is 6.99. The summed E-state index contributed by atoms with van der Waals surface area (Å²) in [5.74, 6) is -1.29. The van der Waals surface area contributed by atoms with Gasteiger partial charge in [0.25, 0.3) is 0 Å². The minimum absolute atomic E-state index is 0.299. The molecule has 2 aromatic carbocycles. The van der Waals surface area contributed by atoms with Crippen LogP contribution in [0.4, 0.5) is 19.3 Å². The molecule has 3 N–H and O–H groups in total. The highest BCUT2D eigenvalue weighted by Crippen LogP contribution is 2.34. The summed E-state index contributed by atoms with van der Waals surface area (Å²) in [6.45, 7) is 0.696. The van der Waals surface area contributed by atoms with Crippen molar-refractivity contribution in [1.29, 1.82) is 0 Å².